The summed E-state index contributed by atoms with van der Waals surface area (Å²) in [7, 11) is 0. The highest BCUT2D eigenvalue weighted by Gasteiger charge is 2.14. The molecule has 3 N–H and O–H groups in total. The van der Waals surface area contributed by atoms with Crippen LogP contribution in [0, 0.1) is 0 Å². The molecule has 0 saturated carbocycles. The van der Waals surface area contributed by atoms with E-state index in [1.807, 2.05) is 20.8 Å². The van der Waals surface area contributed by atoms with E-state index < -0.39 is 0 Å². The molecule has 8 heteroatoms. The van der Waals surface area contributed by atoms with Crippen molar-refractivity contribution in [1.29, 1.82) is 0 Å². The number of ether oxygens (including phenoxy) is 1. The molecule has 0 bridgehead atoms. The Hall–Kier alpha value is -3.06. The van der Waals surface area contributed by atoms with Gasteiger partial charge >= 0.3 is 0 Å². The molecular weight excluding hydrogens is 392 g/mol. The average molecular weight is 415 g/mol. The fourth-order valence-corrected chi connectivity index (χ4v) is 3.20. The monoisotopic (exact) mass is 414 g/mol. The Morgan fingerprint density at radius 2 is 1.97 bits per heavy atom. The number of H-pyrrole nitrogens is 1. The highest BCUT2D eigenvalue weighted by Crippen LogP contribution is 2.30. The van der Waals surface area contributed by atoms with Gasteiger partial charge in [-0.15, -0.1) is 0 Å². The standard InChI is InChI=1S/C21H23ClN4O3/c1-11(2)29-19-10-18-14(8-17(19)22)7-16(21(28)26-18)12(3)24-20-9-15(5-6-23-20)25-13(4)27/h5-12H,1-4H3,(H,26,28)(H2,23,24,25,27). The summed E-state index contributed by atoms with van der Waals surface area (Å²) >= 11 is 6.33. The molecule has 1 aromatic carbocycles. The summed E-state index contributed by atoms with van der Waals surface area (Å²) in [5.41, 5.74) is 1.60. The second-order valence-electron chi connectivity index (χ2n) is 7.07. The van der Waals surface area contributed by atoms with Crippen LogP contribution in [0.2, 0.25) is 5.02 Å². The lowest BCUT2D eigenvalue weighted by molar-refractivity contribution is -0.114. The van der Waals surface area contributed by atoms with Crippen LogP contribution < -0.4 is 20.9 Å². The molecule has 152 valence electrons. The summed E-state index contributed by atoms with van der Waals surface area (Å²) < 4.78 is 5.68. The predicted molar refractivity (Wildman–Crippen MR) is 116 cm³/mol. The van der Waals surface area contributed by atoms with E-state index in [0.29, 0.717) is 33.4 Å². The molecule has 29 heavy (non-hydrogen) atoms. The number of aromatic nitrogens is 2. The minimum absolute atomic E-state index is 0.0269. The number of carbonyl (C=O) groups is 1. The van der Waals surface area contributed by atoms with Gasteiger partial charge in [0.25, 0.3) is 5.56 Å². The molecular formula is C21H23ClN4O3. The third-order valence-corrected chi connectivity index (χ3v) is 4.49. The summed E-state index contributed by atoms with van der Waals surface area (Å²) in [6, 6.07) is 8.39. The Bertz CT molecular complexity index is 1110. The van der Waals surface area contributed by atoms with Gasteiger partial charge in [-0.1, -0.05) is 11.6 Å². The van der Waals surface area contributed by atoms with Crippen molar-refractivity contribution in [1.82, 2.24) is 9.97 Å². The molecule has 1 unspecified atom stereocenters. The molecule has 0 fully saturated rings. The third kappa shape index (κ3) is 5.06. The molecule has 0 aliphatic heterocycles. The molecule has 0 aliphatic rings. The first-order valence-electron chi connectivity index (χ1n) is 9.26. The van der Waals surface area contributed by atoms with Gasteiger partial charge in [-0.05, 0) is 39.0 Å². The Morgan fingerprint density at radius 3 is 2.66 bits per heavy atom. The Labute approximate surface area is 173 Å². The van der Waals surface area contributed by atoms with E-state index in [1.165, 1.54) is 6.92 Å². The SMILES string of the molecule is CC(=O)Nc1ccnc(NC(C)c2cc3cc(Cl)c(OC(C)C)cc3[nH]c2=O)c1. The maximum Gasteiger partial charge on any atom is 0.253 e. The van der Waals surface area contributed by atoms with E-state index in [2.05, 4.69) is 20.6 Å². The van der Waals surface area contributed by atoms with E-state index in [0.717, 1.165) is 5.39 Å². The van der Waals surface area contributed by atoms with Crippen molar-refractivity contribution >= 4 is 39.9 Å². The summed E-state index contributed by atoms with van der Waals surface area (Å²) in [6.07, 6.45) is 1.56. The van der Waals surface area contributed by atoms with Gasteiger partial charge in [0.1, 0.15) is 11.6 Å². The van der Waals surface area contributed by atoms with Gasteiger partial charge in [0.15, 0.2) is 0 Å². The number of amides is 1. The molecule has 3 rings (SSSR count). The van der Waals surface area contributed by atoms with Gasteiger partial charge in [-0.25, -0.2) is 4.98 Å². The Kier molecular flexibility index (Phi) is 6.08. The summed E-state index contributed by atoms with van der Waals surface area (Å²) in [5.74, 6) is 0.906. The first kappa shape index (κ1) is 20.7. The van der Waals surface area contributed by atoms with E-state index in [-0.39, 0.29) is 23.6 Å². The van der Waals surface area contributed by atoms with E-state index in [9.17, 15) is 9.59 Å². The third-order valence-electron chi connectivity index (χ3n) is 4.20. The van der Waals surface area contributed by atoms with Gasteiger partial charge in [-0.2, -0.15) is 0 Å². The molecule has 0 aliphatic carbocycles. The van der Waals surface area contributed by atoms with Crippen molar-refractivity contribution in [2.24, 2.45) is 0 Å². The topological polar surface area (TPSA) is 96.1 Å². The number of halogens is 1. The van der Waals surface area contributed by atoms with Crippen LogP contribution in [0.3, 0.4) is 0 Å². The number of rotatable bonds is 6. The molecule has 7 nitrogen and oxygen atoms in total. The number of benzene rings is 1. The number of fused-ring (bicyclic) bond motifs is 1. The smallest absolute Gasteiger partial charge is 0.253 e. The normalized spacial score (nSPS) is 12.1. The van der Waals surface area contributed by atoms with Gasteiger partial charge in [0.2, 0.25) is 5.91 Å². The number of aromatic amines is 1. The van der Waals surface area contributed by atoms with Gasteiger partial charge in [-0.3, -0.25) is 9.59 Å². The zero-order valence-electron chi connectivity index (χ0n) is 16.7. The van der Waals surface area contributed by atoms with Crippen LogP contribution in [-0.4, -0.2) is 22.0 Å². The molecule has 3 aromatic rings. The van der Waals surface area contributed by atoms with Crippen molar-refractivity contribution < 1.29 is 9.53 Å². The number of hydrogen-bond donors (Lipinski definition) is 3. The largest absolute Gasteiger partial charge is 0.489 e. The zero-order valence-corrected chi connectivity index (χ0v) is 17.4. The van der Waals surface area contributed by atoms with E-state index >= 15 is 0 Å². The fourth-order valence-electron chi connectivity index (χ4n) is 2.98. The fraction of sp³-hybridized carbons (Fsp3) is 0.286. The van der Waals surface area contributed by atoms with Crippen molar-refractivity contribution in [2.45, 2.75) is 39.8 Å². The van der Waals surface area contributed by atoms with Crippen LogP contribution in [0.1, 0.15) is 39.3 Å². The predicted octanol–water partition coefficient (Wildman–Crippen LogP) is 4.50. The summed E-state index contributed by atoms with van der Waals surface area (Å²) in [5, 5.41) is 7.18. The van der Waals surface area contributed by atoms with Crippen LogP contribution in [0.15, 0.2) is 41.3 Å². The molecule has 1 amide bonds. The number of anilines is 2. The van der Waals surface area contributed by atoms with Crippen LogP contribution in [0.25, 0.3) is 10.9 Å². The molecule has 2 heterocycles. The lowest BCUT2D eigenvalue weighted by atomic mass is 10.1. The van der Waals surface area contributed by atoms with Gasteiger partial charge in [0, 0.05) is 41.9 Å². The Balaban J connectivity index is 1.90. The number of nitrogens with zero attached hydrogens (tertiary/aromatic N) is 1. The van der Waals surface area contributed by atoms with E-state index in [4.69, 9.17) is 16.3 Å². The quantitative estimate of drug-likeness (QED) is 0.552. The average Bonchev–Trinajstić information content (AvgIpc) is 2.61. The summed E-state index contributed by atoms with van der Waals surface area (Å²) in [4.78, 5) is 31.0. The second kappa shape index (κ2) is 8.53. The highest BCUT2D eigenvalue weighted by atomic mass is 35.5. The van der Waals surface area contributed by atoms with Crippen LogP contribution in [0.4, 0.5) is 11.5 Å². The van der Waals surface area contributed by atoms with Crippen molar-refractivity contribution in [3.05, 3.63) is 57.5 Å². The Morgan fingerprint density at radius 1 is 1.21 bits per heavy atom. The van der Waals surface area contributed by atoms with Crippen molar-refractivity contribution in [2.75, 3.05) is 10.6 Å². The second-order valence-corrected chi connectivity index (χ2v) is 7.47. The lowest BCUT2D eigenvalue weighted by Gasteiger charge is -2.16. The maximum atomic E-state index is 12.6. The highest BCUT2D eigenvalue weighted by molar-refractivity contribution is 6.32. The van der Waals surface area contributed by atoms with Crippen LogP contribution in [-0.2, 0) is 4.79 Å². The summed E-state index contributed by atoms with van der Waals surface area (Å²) in [6.45, 7) is 7.12. The van der Waals surface area contributed by atoms with Gasteiger partial charge < -0.3 is 20.4 Å². The maximum absolute atomic E-state index is 12.6. The number of carbonyl (C=O) groups excluding carboxylic acids is 1. The molecule has 0 spiro atoms. The van der Waals surface area contributed by atoms with Crippen LogP contribution >= 0.6 is 11.6 Å². The first-order chi connectivity index (χ1) is 13.7. The van der Waals surface area contributed by atoms with Gasteiger partial charge in [0.05, 0.1) is 22.7 Å². The van der Waals surface area contributed by atoms with Crippen LogP contribution in [0.5, 0.6) is 5.75 Å². The molecule has 2 aromatic heterocycles. The minimum atomic E-state index is -0.325. The van der Waals surface area contributed by atoms with E-state index in [1.54, 1.807) is 36.5 Å². The van der Waals surface area contributed by atoms with Crippen molar-refractivity contribution in [3.63, 3.8) is 0 Å². The first-order valence-corrected chi connectivity index (χ1v) is 9.64. The molecule has 0 radical (unpaired) electrons. The minimum Gasteiger partial charge on any atom is -0.489 e. The molecule has 0 saturated heterocycles. The molecule has 1 atom stereocenters. The van der Waals surface area contributed by atoms with Crippen molar-refractivity contribution in [3.8, 4) is 5.75 Å². The number of nitrogens with one attached hydrogen (secondary N) is 3. The number of pyridine rings is 2. The lowest BCUT2D eigenvalue weighted by Crippen LogP contribution is -2.20. The number of hydrogen-bond acceptors (Lipinski definition) is 5. The zero-order chi connectivity index (χ0) is 21.1.